The van der Waals surface area contributed by atoms with Gasteiger partial charge in [0.05, 0.1) is 6.61 Å². The van der Waals surface area contributed by atoms with Gasteiger partial charge in [0.25, 0.3) is 0 Å². The minimum atomic E-state index is -1.56. The Morgan fingerprint density at radius 2 is 1.70 bits per heavy atom. The van der Waals surface area contributed by atoms with Gasteiger partial charge in [-0.1, -0.05) is 24.3 Å². The van der Waals surface area contributed by atoms with Gasteiger partial charge in [0.15, 0.2) is 17.5 Å². The number of hydrogen-bond acceptors (Lipinski definition) is 3. The van der Waals surface area contributed by atoms with Crippen LogP contribution in [-0.4, -0.2) is 11.1 Å². The molecular formula is C17H13F3O3. The van der Waals surface area contributed by atoms with Crippen LogP contribution in [0.1, 0.15) is 16.7 Å². The van der Waals surface area contributed by atoms with Gasteiger partial charge in [0.1, 0.15) is 6.61 Å². The SMILES string of the molecule is O=C(C=Cc1cc(F)c(F)c(F)c1)OCc1ccccc1CO. The fourth-order valence-corrected chi connectivity index (χ4v) is 1.89. The molecule has 0 spiro atoms. The summed E-state index contributed by atoms with van der Waals surface area (Å²) in [6, 6.07) is 8.42. The summed E-state index contributed by atoms with van der Waals surface area (Å²) >= 11 is 0. The highest BCUT2D eigenvalue weighted by Gasteiger charge is 2.09. The molecule has 120 valence electrons. The van der Waals surface area contributed by atoms with E-state index in [0.29, 0.717) is 11.1 Å². The van der Waals surface area contributed by atoms with Crippen LogP contribution in [0.4, 0.5) is 13.2 Å². The molecule has 0 aliphatic carbocycles. The normalized spacial score (nSPS) is 11.0. The zero-order valence-electron chi connectivity index (χ0n) is 11.9. The quantitative estimate of drug-likeness (QED) is 0.522. The van der Waals surface area contributed by atoms with Crippen molar-refractivity contribution in [3.63, 3.8) is 0 Å². The van der Waals surface area contributed by atoms with Crippen LogP contribution >= 0.6 is 0 Å². The largest absolute Gasteiger partial charge is 0.458 e. The zero-order chi connectivity index (χ0) is 16.8. The summed E-state index contributed by atoms with van der Waals surface area (Å²) in [4.78, 5) is 11.6. The van der Waals surface area contributed by atoms with Crippen LogP contribution in [0.2, 0.25) is 0 Å². The second kappa shape index (κ2) is 7.60. The molecule has 2 aromatic carbocycles. The van der Waals surface area contributed by atoms with Crippen LogP contribution in [0.25, 0.3) is 6.08 Å². The molecule has 2 aromatic rings. The highest BCUT2D eigenvalue weighted by Crippen LogP contribution is 2.15. The lowest BCUT2D eigenvalue weighted by molar-refractivity contribution is -0.138. The molecule has 0 heterocycles. The van der Waals surface area contributed by atoms with Crippen molar-refractivity contribution in [2.24, 2.45) is 0 Å². The maximum absolute atomic E-state index is 13.0. The second-order valence-corrected chi connectivity index (χ2v) is 4.67. The molecule has 0 bridgehead atoms. The Bertz CT molecular complexity index is 719. The second-order valence-electron chi connectivity index (χ2n) is 4.67. The summed E-state index contributed by atoms with van der Waals surface area (Å²) in [7, 11) is 0. The maximum atomic E-state index is 13.0. The van der Waals surface area contributed by atoms with Gasteiger partial charge in [-0.3, -0.25) is 0 Å². The summed E-state index contributed by atoms with van der Waals surface area (Å²) in [5.74, 6) is -4.97. The van der Waals surface area contributed by atoms with E-state index in [4.69, 9.17) is 9.84 Å². The van der Waals surface area contributed by atoms with Crippen molar-refractivity contribution in [2.75, 3.05) is 0 Å². The van der Waals surface area contributed by atoms with Crippen molar-refractivity contribution in [3.05, 3.63) is 76.6 Å². The first-order chi connectivity index (χ1) is 11.0. The van der Waals surface area contributed by atoms with Crippen molar-refractivity contribution in [2.45, 2.75) is 13.2 Å². The molecule has 6 heteroatoms. The molecule has 0 unspecified atom stereocenters. The predicted octanol–water partition coefficient (Wildman–Crippen LogP) is 3.35. The van der Waals surface area contributed by atoms with Gasteiger partial charge in [0.2, 0.25) is 0 Å². The minimum Gasteiger partial charge on any atom is -0.458 e. The van der Waals surface area contributed by atoms with Crippen molar-refractivity contribution in [1.82, 2.24) is 0 Å². The Balaban J connectivity index is 1.99. The van der Waals surface area contributed by atoms with Crippen molar-refractivity contribution in [1.29, 1.82) is 0 Å². The molecule has 0 radical (unpaired) electrons. The Morgan fingerprint density at radius 3 is 2.30 bits per heavy atom. The van der Waals surface area contributed by atoms with Crippen molar-refractivity contribution < 1.29 is 27.8 Å². The van der Waals surface area contributed by atoms with Gasteiger partial charge in [-0.2, -0.15) is 0 Å². The van der Waals surface area contributed by atoms with Gasteiger partial charge >= 0.3 is 5.97 Å². The summed E-state index contributed by atoms with van der Waals surface area (Å²) < 4.78 is 43.8. The number of ether oxygens (including phenoxy) is 1. The number of carbonyl (C=O) groups is 1. The molecule has 0 saturated carbocycles. The first-order valence-corrected chi connectivity index (χ1v) is 6.68. The van der Waals surface area contributed by atoms with Crippen LogP contribution < -0.4 is 0 Å². The minimum absolute atomic E-state index is 0.00546. The Kier molecular flexibility index (Phi) is 5.54. The van der Waals surface area contributed by atoms with Crippen LogP contribution in [0.5, 0.6) is 0 Å². The van der Waals surface area contributed by atoms with Crippen LogP contribution in [0.3, 0.4) is 0 Å². The van der Waals surface area contributed by atoms with Gasteiger partial charge in [-0.15, -0.1) is 0 Å². The fourth-order valence-electron chi connectivity index (χ4n) is 1.89. The molecular weight excluding hydrogens is 309 g/mol. The third-order valence-corrected chi connectivity index (χ3v) is 3.08. The topological polar surface area (TPSA) is 46.5 Å². The van der Waals surface area contributed by atoms with E-state index in [-0.39, 0.29) is 18.8 Å². The predicted molar refractivity (Wildman–Crippen MR) is 77.5 cm³/mol. The van der Waals surface area contributed by atoms with Crippen molar-refractivity contribution in [3.8, 4) is 0 Å². The standard InChI is InChI=1S/C17H13F3O3/c18-14-7-11(8-15(19)17(14)20)5-6-16(22)23-10-13-4-2-1-3-12(13)9-21/h1-8,21H,9-10H2. The summed E-state index contributed by atoms with van der Waals surface area (Å²) in [6.07, 6.45) is 2.10. The molecule has 0 amide bonds. The molecule has 0 saturated heterocycles. The third kappa shape index (κ3) is 4.43. The van der Waals surface area contributed by atoms with Crippen LogP contribution in [0, 0.1) is 17.5 Å². The molecule has 23 heavy (non-hydrogen) atoms. The van der Waals surface area contributed by atoms with Gasteiger partial charge in [0, 0.05) is 6.08 Å². The number of esters is 1. The van der Waals surface area contributed by atoms with Gasteiger partial charge in [-0.05, 0) is 34.9 Å². The van der Waals surface area contributed by atoms with Crippen LogP contribution in [-0.2, 0) is 22.7 Å². The monoisotopic (exact) mass is 322 g/mol. The molecule has 1 N–H and O–H groups in total. The van der Waals surface area contributed by atoms with Crippen LogP contribution in [0.15, 0.2) is 42.5 Å². The summed E-state index contributed by atoms with van der Waals surface area (Å²) in [6.45, 7) is -0.232. The number of aliphatic hydroxyl groups is 1. The van der Waals surface area contributed by atoms with E-state index in [0.717, 1.165) is 24.3 Å². The first kappa shape index (κ1) is 16.8. The zero-order valence-corrected chi connectivity index (χ0v) is 11.9. The maximum Gasteiger partial charge on any atom is 0.331 e. The highest BCUT2D eigenvalue weighted by atomic mass is 19.2. The smallest absolute Gasteiger partial charge is 0.331 e. The summed E-state index contributed by atoms with van der Waals surface area (Å²) in [5.41, 5.74) is 1.27. The van der Waals surface area contributed by atoms with E-state index in [2.05, 4.69) is 0 Å². The lowest BCUT2D eigenvalue weighted by Crippen LogP contribution is -2.03. The molecule has 2 rings (SSSR count). The van der Waals surface area contributed by atoms with Gasteiger partial charge in [-0.25, -0.2) is 18.0 Å². The number of rotatable bonds is 5. The van der Waals surface area contributed by atoms with E-state index in [1.165, 1.54) is 0 Å². The third-order valence-electron chi connectivity index (χ3n) is 3.08. The molecule has 0 fully saturated rings. The molecule has 0 aromatic heterocycles. The molecule has 0 aliphatic heterocycles. The molecule has 3 nitrogen and oxygen atoms in total. The molecule has 0 atom stereocenters. The number of benzene rings is 2. The average Bonchev–Trinajstić information content (AvgIpc) is 2.56. The lowest BCUT2D eigenvalue weighted by Gasteiger charge is -2.06. The average molecular weight is 322 g/mol. The number of carbonyl (C=O) groups excluding carboxylic acids is 1. The Morgan fingerprint density at radius 1 is 1.09 bits per heavy atom. The van der Waals surface area contributed by atoms with Crippen molar-refractivity contribution >= 4 is 12.0 Å². The van der Waals surface area contributed by atoms with E-state index >= 15 is 0 Å². The van der Waals surface area contributed by atoms with E-state index < -0.39 is 23.4 Å². The lowest BCUT2D eigenvalue weighted by atomic mass is 10.1. The van der Waals surface area contributed by atoms with E-state index in [1.807, 2.05) is 0 Å². The Labute approximate surface area is 130 Å². The number of halogens is 3. The highest BCUT2D eigenvalue weighted by molar-refractivity contribution is 5.87. The first-order valence-electron chi connectivity index (χ1n) is 6.68. The van der Waals surface area contributed by atoms with E-state index in [9.17, 15) is 18.0 Å². The van der Waals surface area contributed by atoms with E-state index in [1.54, 1.807) is 24.3 Å². The Hall–Kier alpha value is -2.60. The summed E-state index contributed by atoms with van der Waals surface area (Å²) in [5, 5.41) is 9.15. The number of hydrogen-bond donors (Lipinski definition) is 1. The molecule has 0 aliphatic rings. The van der Waals surface area contributed by atoms with Gasteiger partial charge < -0.3 is 9.84 Å². The fraction of sp³-hybridized carbons (Fsp3) is 0.118. The number of aliphatic hydroxyl groups excluding tert-OH is 1.